The fourth-order valence-corrected chi connectivity index (χ4v) is 2.20. The molecule has 19 heavy (non-hydrogen) atoms. The molecule has 2 aromatic rings. The number of methoxy groups -OCH3 is 1. The first-order valence-electron chi connectivity index (χ1n) is 5.82. The average Bonchev–Trinajstić information content (AvgIpc) is 2.80. The summed E-state index contributed by atoms with van der Waals surface area (Å²) >= 11 is 3.33. The largest absolute Gasteiger partial charge is 0.497 e. The maximum absolute atomic E-state index is 12.2. The smallest absolute Gasteiger partial charge is 0.275 e. The molecule has 0 saturated carbocycles. The van der Waals surface area contributed by atoms with E-state index < -0.39 is 0 Å². The molecule has 2 rings (SSSR count). The summed E-state index contributed by atoms with van der Waals surface area (Å²) in [7, 11) is 1.59. The van der Waals surface area contributed by atoms with Crippen molar-refractivity contribution >= 4 is 27.5 Å². The third-order valence-electron chi connectivity index (χ3n) is 2.64. The molecule has 1 aromatic heterocycles. The second-order valence-electron chi connectivity index (χ2n) is 3.84. The number of hydrogen-bond acceptors (Lipinski definition) is 3. The van der Waals surface area contributed by atoms with Crippen molar-refractivity contribution in [2.75, 3.05) is 12.4 Å². The molecule has 1 aromatic carbocycles. The van der Waals surface area contributed by atoms with Gasteiger partial charge in [0, 0.05) is 18.3 Å². The highest BCUT2D eigenvalue weighted by Crippen LogP contribution is 2.20. The average molecular weight is 324 g/mol. The van der Waals surface area contributed by atoms with Crippen LogP contribution in [0.4, 0.5) is 5.69 Å². The lowest BCUT2D eigenvalue weighted by Gasteiger charge is -2.08. The number of rotatable bonds is 4. The maximum atomic E-state index is 12.2. The van der Waals surface area contributed by atoms with Gasteiger partial charge in [-0.3, -0.25) is 9.48 Å². The molecule has 6 heteroatoms. The maximum Gasteiger partial charge on any atom is 0.275 e. The van der Waals surface area contributed by atoms with Gasteiger partial charge in [0.15, 0.2) is 0 Å². The highest BCUT2D eigenvalue weighted by molar-refractivity contribution is 9.10. The molecular formula is C13H14BrN3O2. The van der Waals surface area contributed by atoms with Crippen LogP contribution in [-0.2, 0) is 6.54 Å². The van der Waals surface area contributed by atoms with E-state index in [1.54, 1.807) is 30.1 Å². The van der Waals surface area contributed by atoms with Crippen LogP contribution < -0.4 is 10.1 Å². The summed E-state index contributed by atoms with van der Waals surface area (Å²) in [5.41, 5.74) is 1.19. The molecule has 0 aliphatic rings. The van der Waals surface area contributed by atoms with Gasteiger partial charge in [-0.15, -0.1) is 0 Å². The number of amides is 1. The van der Waals surface area contributed by atoms with Gasteiger partial charge in [-0.25, -0.2) is 0 Å². The molecule has 1 heterocycles. The number of hydrogen-bond donors (Lipinski definition) is 1. The van der Waals surface area contributed by atoms with Crippen molar-refractivity contribution in [3.8, 4) is 5.75 Å². The molecule has 100 valence electrons. The predicted octanol–water partition coefficient (Wildman–Crippen LogP) is 2.93. The van der Waals surface area contributed by atoms with Gasteiger partial charge in [-0.2, -0.15) is 5.10 Å². The molecule has 5 nitrogen and oxygen atoms in total. The number of carbonyl (C=O) groups excluding carboxylic acids is 1. The van der Waals surface area contributed by atoms with Gasteiger partial charge < -0.3 is 10.1 Å². The van der Waals surface area contributed by atoms with Gasteiger partial charge in [-0.1, -0.05) is 6.07 Å². The number of halogens is 1. The van der Waals surface area contributed by atoms with Crippen LogP contribution in [0.25, 0.3) is 0 Å². The van der Waals surface area contributed by atoms with E-state index in [4.69, 9.17) is 4.74 Å². The highest BCUT2D eigenvalue weighted by atomic mass is 79.9. The molecule has 0 saturated heterocycles. The summed E-state index contributed by atoms with van der Waals surface area (Å²) in [6, 6.07) is 7.21. The van der Waals surface area contributed by atoms with Crippen LogP contribution in [0.1, 0.15) is 17.4 Å². The molecule has 0 aliphatic heterocycles. The molecule has 1 amide bonds. The Bertz CT molecular complexity index is 595. The summed E-state index contributed by atoms with van der Waals surface area (Å²) < 4.78 is 7.43. The Morgan fingerprint density at radius 3 is 3.00 bits per heavy atom. The van der Waals surface area contributed by atoms with Crippen molar-refractivity contribution < 1.29 is 9.53 Å². The molecule has 0 spiro atoms. The molecule has 0 atom stereocenters. The van der Waals surface area contributed by atoms with E-state index in [-0.39, 0.29) is 5.91 Å². The molecular weight excluding hydrogens is 310 g/mol. The first-order chi connectivity index (χ1) is 9.15. The zero-order chi connectivity index (χ0) is 13.8. The Hall–Kier alpha value is -1.82. The van der Waals surface area contributed by atoms with Crippen LogP contribution in [0.5, 0.6) is 5.75 Å². The molecule has 0 fully saturated rings. The van der Waals surface area contributed by atoms with Gasteiger partial charge in [0.25, 0.3) is 5.91 Å². The topological polar surface area (TPSA) is 56.2 Å². The predicted molar refractivity (Wildman–Crippen MR) is 76.5 cm³/mol. The number of carbonyl (C=O) groups is 1. The van der Waals surface area contributed by atoms with Crippen molar-refractivity contribution in [1.29, 1.82) is 0 Å². The normalized spacial score (nSPS) is 10.3. The van der Waals surface area contributed by atoms with Crippen LogP contribution in [0, 0.1) is 0 Å². The van der Waals surface area contributed by atoms with Crippen molar-refractivity contribution in [3.63, 3.8) is 0 Å². The molecule has 0 bridgehead atoms. The number of nitrogens with zero attached hydrogens (tertiary/aromatic N) is 2. The highest BCUT2D eigenvalue weighted by Gasteiger charge is 2.16. The summed E-state index contributed by atoms with van der Waals surface area (Å²) in [5, 5.41) is 6.94. The van der Waals surface area contributed by atoms with E-state index in [0.29, 0.717) is 28.1 Å². The van der Waals surface area contributed by atoms with E-state index in [9.17, 15) is 4.79 Å². The minimum absolute atomic E-state index is 0.209. The van der Waals surface area contributed by atoms with Crippen LogP contribution in [0.3, 0.4) is 0 Å². The van der Waals surface area contributed by atoms with Crippen LogP contribution in [-0.4, -0.2) is 22.8 Å². The quantitative estimate of drug-likeness (QED) is 0.941. The summed E-state index contributed by atoms with van der Waals surface area (Å²) in [6.45, 7) is 2.56. The van der Waals surface area contributed by atoms with E-state index in [1.807, 2.05) is 19.1 Å². The Kier molecular flexibility index (Phi) is 4.21. The molecule has 0 aliphatic carbocycles. The summed E-state index contributed by atoms with van der Waals surface area (Å²) in [4.78, 5) is 12.2. The van der Waals surface area contributed by atoms with Crippen LogP contribution in [0.15, 0.2) is 34.9 Å². The van der Waals surface area contributed by atoms with E-state index in [1.165, 1.54) is 0 Å². The Balaban J connectivity index is 2.23. The van der Waals surface area contributed by atoms with Gasteiger partial charge in [0.05, 0.1) is 17.8 Å². The Morgan fingerprint density at radius 2 is 2.32 bits per heavy atom. The number of aromatic nitrogens is 2. The van der Waals surface area contributed by atoms with E-state index >= 15 is 0 Å². The SMILES string of the molecule is CCn1ncc(Br)c1C(=O)Nc1cccc(OC)c1. The monoisotopic (exact) mass is 323 g/mol. The molecule has 0 unspecified atom stereocenters. The van der Waals surface area contributed by atoms with Crippen molar-refractivity contribution in [1.82, 2.24) is 9.78 Å². The van der Waals surface area contributed by atoms with Crippen molar-refractivity contribution in [2.24, 2.45) is 0 Å². The van der Waals surface area contributed by atoms with Crippen LogP contribution in [0.2, 0.25) is 0 Å². The van der Waals surface area contributed by atoms with Gasteiger partial charge >= 0.3 is 0 Å². The summed E-state index contributed by atoms with van der Waals surface area (Å²) in [5.74, 6) is 0.486. The van der Waals surface area contributed by atoms with Gasteiger partial charge in [0.1, 0.15) is 11.4 Å². The zero-order valence-corrected chi connectivity index (χ0v) is 12.3. The lowest BCUT2D eigenvalue weighted by molar-refractivity contribution is 0.101. The molecule has 0 radical (unpaired) electrons. The minimum Gasteiger partial charge on any atom is -0.497 e. The molecule has 1 N–H and O–H groups in total. The van der Waals surface area contributed by atoms with Gasteiger partial charge in [-0.05, 0) is 35.0 Å². The number of ether oxygens (including phenoxy) is 1. The first kappa shape index (κ1) is 13.6. The minimum atomic E-state index is -0.209. The standard InChI is InChI=1S/C13H14BrN3O2/c1-3-17-12(11(14)8-15-17)13(18)16-9-5-4-6-10(7-9)19-2/h4-8H,3H2,1-2H3,(H,16,18). The third kappa shape index (κ3) is 2.96. The second kappa shape index (κ2) is 5.88. The van der Waals surface area contributed by atoms with Crippen molar-refractivity contribution in [2.45, 2.75) is 13.5 Å². The zero-order valence-electron chi connectivity index (χ0n) is 10.7. The lowest BCUT2D eigenvalue weighted by Crippen LogP contribution is -2.17. The summed E-state index contributed by atoms with van der Waals surface area (Å²) in [6.07, 6.45) is 1.62. The van der Waals surface area contributed by atoms with Crippen LogP contribution >= 0.6 is 15.9 Å². The number of nitrogens with one attached hydrogen (secondary N) is 1. The van der Waals surface area contributed by atoms with E-state index in [2.05, 4.69) is 26.3 Å². The van der Waals surface area contributed by atoms with E-state index in [0.717, 1.165) is 0 Å². The fraction of sp³-hybridized carbons (Fsp3) is 0.231. The number of benzene rings is 1. The number of aryl methyl sites for hydroxylation is 1. The number of anilines is 1. The Morgan fingerprint density at radius 1 is 1.53 bits per heavy atom. The van der Waals surface area contributed by atoms with Crippen molar-refractivity contribution in [3.05, 3.63) is 40.6 Å². The second-order valence-corrected chi connectivity index (χ2v) is 4.70. The third-order valence-corrected chi connectivity index (χ3v) is 3.22. The van der Waals surface area contributed by atoms with Gasteiger partial charge in [0.2, 0.25) is 0 Å². The Labute approximate surface area is 119 Å². The first-order valence-corrected chi connectivity index (χ1v) is 6.61. The lowest BCUT2D eigenvalue weighted by atomic mass is 10.3. The fourth-order valence-electron chi connectivity index (χ4n) is 1.72.